The van der Waals surface area contributed by atoms with Gasteiger partial charge in [-0.3, -0.25) is 4.79 Å². The third kappa shape index (κ3) is 6.03. The molecule has 2 heterocycles. The fourth-order valence-electron chi connectivity index (χ4n) is 3.22. The Morgan fingerprint density at radius 1 is 1.09 bits per heavy atom. The molecule has 0 fully saturated rings. The number of imidazole rings is 1. The molecule has 1 amide bonds. The number of benzene rings is 2. The fraction of sp³-hybridized carbons (Fsp3) is 0.120. The third-order valence-corrected chi connectivity index (χ3v) is 5.05. The summed E-state index contributed by atoms with van der Waals surface area (Å²) in [7, 11) is 0. The summed E-state index contributed by atoms with van der Waals surface area (Å²) in [5.41, 5.74) is 1.77. The van der Waals surface area contributed by atoms with Crippen LogP contribution in [0.4, 0.5) is 13.2 Å². The summed E-state index contributed by atoms with van der Waals surface area (Å²) in [4.78, 5) is 20.7. The molecule has 0 atom stereocenters. The normalized spacial score (nSPS) is 11.0. The van der Waals surface area contributed by atoms with Gasteiger partial charge in [0.2, 0.25) is 5.88 Å². The van der Waals surface area contributed by atoms with Gasteiger partial charge in [-0.15, -0.1) is 0 Å². The van der Waals surface area contributed by atoms with Crippen LogP contribution in [0.15, 0.2) is 79.4 Å². The zero-order chi connectivity index (χ0) is 24.8. The molecule has 4 rings (SSSR count). The van der Waals surface area contributed by atoms with E-state index in [2.05, 4.69) is 21.4 Å². The molecule has 4 aromatic rings. The van der Waals surface area contributed by atoms with Gasteiger partial charge in [0.25, 0.3) is 5.91 Å². The SMILES string of the molecule is N#Cc1ccc(Cn2cncc2CNC(=O)c2ccc(Oc3cccc(C(F)(F)F)c3)nc2)cc1. The van der Waals surface area contributed by atoms with Gasteiger partial charge < -0.3 is 14.6 Å². The maximum absolute atomic E-state index is 12.9. The van der Waals surface area contributed by atoms with Crippen LogP contribution in [0.25, 0.3) is 0 Å². The van der Waals surface area contributed by atoms with Gasteiger partial charge in [0.05, 0.1) is 41.3 Å². The smallest absolute Gasteiger partial charge is 0.416 e. The van der Waals surface area contributed by atoms with Crippen LogP contribution in [0.5, 0.6) is 11.6 Å². The van der Waals surface area contributed by atoms with Crippen molar-refractivity contribution in [3.05, 3.63) is 107 Å². The molecule has 1 N–H and O–H groups in total. The lowest BCUT2D eigenvalue weighted by Crippen LogP contribution is -2.24. The Hall–Kier alpha value is -4.65. The fourth-order valence-corrected chi connectivity index (χ4v) is 3.22. The van der Waals surface area contributed by atoms with Crippen molar-refractivity contribution in [3.63, 3.8) is 0 Å². The predicted molar refractivity (Wildman–Crippen MR) is 119 cm³/mol. The van der Waals surface area contributed by atoms with Gasteiger partial charge in [-0.1, -0.05) is 18.2 Å². The number of hydrogen-bond acceptors (Lipinski definition) is 5. The highest BCUT2D eigenvalue weighted by Crippen LogP contribution is 2.32. The molecular formula is C25H18F3N5O2. The Morgan fingerprint density at radius 3 is 2.57 bits per heavy atom. The first-order chi connectivity index (χ1) is 16.8. The lowest BCUT2D eigenvalue weighted by molar-refractivity contribution is -0.137. The number of carbonyl (C=O) groups is 1. The minimum atomic E-state index is -4.48. The second-order valence-electron chi connectivity index (χ2n) is 7.52. The van der Waals surface area contributed by atoms with Gasteiger partial charge in [0.1, 0.15) is 5.75 Å². The van der Waals surface area contributed by atoms with Crippen LogP contribution in [0.2, 0.25) is 0 Å². The number of aromatic nitrogens is 3. The van der Waals surface area contributed by atoms with Crippen LogP contribution in [-0.4, -0.2) is 20.4 Å². The number of halogens is 3. The number of pyridine rings is 1. The van der Waals surface area contributed by atoms with Crippen molar-refractivity contribution in [1.82, 2.24) is 19.9 Å². The molecule has 0 radical (unpaired) electrons. The van der Waals surface area contributed by atoms with Crippen molar-refractivity contribution in [2.75, 3.05) is 0 Å². The molecule has 2 aromatic heterocycles. The molecule has 0 spiro atoms. The van der Waals surface area contributed by atoms with Gasteiger partial charge >= 0.3 is 6.18 Å². The monoisotopic (exact) mass is 477 g/mol. The van der Waals surface area contributed by atoms with E-state index in [-0.39, 0.29) is 29.6 Å². The molecule has 0 bridgehead atoms. The Labute approximate surface area is 198 Å². The highest BCUT2D eigenvalue weighted by atomic mass is 19.4. The van der Waals surface area contributed by atoms with Gasteiger partial charge in [-0.25, -0.2) is 9.97 Å². The zero-order valence-corrected chi connectivity index (χ0v) is 18.2. The van der Waals surface area contributed by atoms with Gasteiger partial charge in [-0.05, 0) is 42.0 Å². The van der Waals surface area contributed by atoms with E-state index in [9.17, 15) is 18.0 Å². The second kappa shape index (κ2) is 10.1. The third-order valence-electron chi connectivity index (χ3n) is 5.05. The number of rotatable bonds is 7. The van der Waals surface area contributed by atoms with Crippen LogP contribution in [0, 0.1) is 11.3 Å². The largest absolute Gasteiger partial charge is 0.439 e. The maximum Gasteiger partial charge on any atom is 0.416 e. The first-order valence-electron chi connectivity index (χ1n) is 10.4. The summed E-state index contributed by atoms with van der Waals surface area (Å²) >= 11 is 0. The Balaban J connectivity index is 1.35. The van der Waals surface area contributed by atoms with Crippen molar-refractivity contribution >= 4 is 5.91 Å². The van der Waals surface area contributed by atoms with Crippen LogP contribution in [0.3, 0.4) is 0 Å². The molecule has 7 nitrogen and oxygen atoms in total. The summed E-state index contributed by atoms with van der Waals surface area (Å²) in [6.45, 7) is 0.748. The predicted octanol–water partition coefficient (Wildman–Crippen LogP) is 4.94. The van der Waals surface area contributed by atoms with E-state index in [1.54, 1.807) is 24.7 Å². The number of ether oxygens (including phenoxy) is 1. The minimum Gasteiger partial charge on any atom is -0.439 e. The molecule has 0 aliphatic rings. The topological polar surface area (TPSA) is 92.8 Å². The number of alkyl halides is 3. The maximum atomic E-state index is 12.9. The van der Waals surface area contributed by atoms with E-state index < -0.39 is 11.7 Å². The number of carbonyl (C=O) groups excluding carboxylic acids is 1. The molecule has 0 aliphatic carbocycles. The number of amides is 1. The van der Waals surface area contributed by atoms with Crippen molar-refractivity contribution in [2.45, 2.75) is 19.3 Å². The number of hydrogen-bond donors (Lipinski definition) is 1. The van der Waals surface area contributed by atoms with Crippen molar-refractivity contribution < 1.29 is 22.7 Å². The Kier molecular flexibility index (Phi) is 6.78. The van der Waals surface area contributed by atoms with Crippen molar-refractivity contribution in [1.29, 1.82) is 5.26 Å². The number of nitriles is 1. The molecule has 176 valence electrons. The summed E-state index contributed by atoms with van der Waals surface area (Å²) in [6, 6.07) is 16.6. The Morgan fingerprint density at radius 2 is 1.89 bits per heavy atom. The van der Waals surface area contributed by atoms with E-state index in [1.807, 2.05) is 16.7 Å². The molecule has 0 saturated carbocycles. The van der Waals surface area contributed by atoms with Crippen LogP contribution < -0.4 is 10.1 Å². The van der Waals surface area contributed by atoms with Gasteiger partial charge in [0, 0.05) is 25.0 Å². The van der Waals surface area contributed by atoms with Crippen molar-refractivity contribution in [3.8, 4) is 17.7 Å². The highest BCUT2D eigenvalue weighted by Gasteiger charge is 2.30. The lowest BCUT2D eigenvalue weighted by Gasteiger charge is -2.11. The number of nitrogens with zero attached hydrogens (tertiary/aromatic N) is 4. The average molecular weight is 477 g/mol. The Bertz CT molecular complexity index is 1360. The van der Waals surface area contributed by atoms with E-state index in [0.29, 0.717) is 12.1 Å². The number of nitrogens with one attached hydrogen (secondary N) is 1. The molecule has 0 aliphatic heterocycles. The van der Waals surface area contributed by atoms with E-state index in [1.165, 1.54) is 30.5 Å². The summed E-state index contributed by atoms with van der Waals surface area (Å²) in [6.07, 6.45) is 0.105. The molecule has 10 heteroatoms. The molecular weight excluding hydrogens is 459 g/mol. The summed E-state index contributed by atoms with van der Waals surface area (Å²) in [5.74, 6) is -0.337. The van der Waals surface area contributed by atoms with Crippen molar-refractivity contribution in [2.24, 2.45) is 0 Å². The molecule has 0 unspecified atom stereocenters. The average Bonchev–Trinajstić information content (AvgIpc) is 3.30. The molecule has 2 aromatic carbocycles. The second-order valence-corrected chi connectivity index (χ2v) is 7.52. The van der Waals surface area contributed by atoms with E-state index in [0.717, 1.165) is 23.4 Å². The van der Waals surface area contributed by atoms with Gasteiger partial charge in [0.15, 0.2) is 0 Å². The molecule has 35 heavy (non-hydrogen) atoms. The molecule has 0 saturated heterocycles. The van der Waals surface area contributed by atoms with Crippen LogP contribution >= 0.6 is 0 Å². The zero-order valence-electron chi connectivity index (χ0n) is 18.2. The van der Waals surface area contributed by atoms with Crippen LogP contribution in [-0.2, 0) is 19.3 Å². The standard InChI is InChI=1S/C25H18F3N5O2/c26-25(27,28)20-2-1-3-22(10-20)35-23-9-8-19(12-31-23)24(34)32-14-21-13-30-16-33(21)15-18-6-4-17(11-29)5-7-18/h1-10,12-13,16H,14-15H2,(H,32,34). The first-order valence-corrected chi connectivity index (χ1v) is 10.4. The lowest BCUT2D eigenvalue weighted by atomic mass is 10.1. The van der Waals surface area contributed by atoms with Gasteiger partial charge in [-0.2, -0.15) is 18.4 Å². The van der Waals surface area contributed by atoms with E-state index >= 15 is 0 Å². The minimum absolute atomic E-state index is 0.0138. The quantitative estimate of drug-likeness (QED) is 0.407. The summed E-state index contributed by atoms with van der Waals surface area (Å²) < 4.78 is 45.8. The highest BCUT2D eigenvalue weighted by molar-refractivity contribution is 5.93. The first kappa shape index (κ1) is 23.5. The van der Waals surface area contributed by atoms with Crippen LogP contribution in [0.1, 0.15) is 32.7 Å². The van der Waals surface area contributed by atoms with E-state index in [4.69, 9.17) is 10.00 Å². The summed E-state index contributed by atoms with van der Waals surface area (Å²) in [5, 5.41) is 11.7.